The van der Waals surface area contributed by atoms with Gasteiger partial charge in [-0.3, -0.25) is 24.5 Å². The zero-order valence-electron chi connectivity index (χ0n) is 19.1. The summed E-state index contributed by atoms with van der Waals surface area (Å²) in [6.07, 6.45) is 5.15. The maximum Gasteiger partial charge on any atom is 0.276 e. The summed E-state index contributed by atoms with van der Waals surface area (Å²) >= 11 is 0. The Hall–Kier alpha value is -3.60. The number of rotatable bonds is 4. The fourth-order valence-electron chi connectivity index (χ4n) is 6.18. The highest BCUT2D eigenvalue weighted by Crippen LogP contribution is 2.48. The van der Waals surface area contributed by atoms with Crippen LogP contribution in [0.4, 0.5) is 0 Å². The van der Waals surface area contributed by atoms with Crippen molar-refractivity contribution in [1.82, 2.24) is 30.1 Å². The molecule has 1 aliphatic carbocycles. The van der Waals surface area contributed by atoms with Crippen LogP contribution in [0, 0.1) is 11.3 Å². The van der Waals surface area contributed by atoms with Crippen molar-refractivity contribution in [3.63, 3.8) is 0 Å². The molecule has 6 rings (SSSR count). The molecule has 11 nitrogen and oxygen atoms in total. The van der Waals surface area contributed by atoms with Crippen LogP contribution >= 0.6 is 0 Å². The number of benzene rings is 1. The standard InChI is InChI=1S/C24H26N6O5/c31-13-24-7-1-2-15(24)10-28(12-24)23(35)18-11-30(27-26-18)16-3-4-17-14(8-16)9-29(22(17)34)19-5-6-20(32)25-21(19)33/h3-4,8,11,15,19,31H,1-2,5-7,9-10,12-13H2,(H,25,32,33)/t15-,19?,24+/m0/s1. The first-order valence-electron chi connectivity index (χ1n) is 12.0. The van der Waals surface area contributed by atoms with Gasteiger partial charge >= 0.3 is 0 Å². The van der Waals surface area contributed by atoms with Gasteiger partial charge in [0.1, 0.15) is 6.04 Å². The number of amides is 4. The van der Waals surface area contributed by atoms with Crippen molar-refractivity contribution >= 4 is 23.6 Å². The Kier molecular flexibility index (Phi) is 4.99. The molecule has 1 aromatic carbocycles. The number of fused-ring (bicyclic) bond motifs is 2. The van der Waals surface area contributed by atoms with E-state index in [-0.39, 0.29) is 48.4 Å². The number of piperidine rings is 1. The van der Waals surface area contributed by atoms with Crippen molar-refractivity contribution < 1.29 is 24.3 Å². The highest BCUT2D eigenvalue weighted by molar-refractivity contribution is 6.05. The third-order valence-corrected chi connectivity index (χ3v) is 8.13. The van der Waals surface area contributed by atoms with E-state index in [1.165, 1.54) is 9.58 Å². The third-order valence-electron chi connectivity index (χ3n) is 8.13. The number of nitrogens with zero attached hydrogens (tertiary/aromatic N) is 5. The minimum absolute atomic E-state index is 0.0951. The molecule has 2 aromatic rings. The largest absolute Gasteiger partial charge is 0.396 e. The van der Waals surface area contributed by atoms with Gasteiger partial charge in [-0.15, -0.1) is 5.10 Å². The van der Waals surface area contributed by atoms with Crippen LogP contribution in [0.5, 0.6) is 0 Å². The molecule has 0 bridgehead atoms. The molecule has 1 aromatic heterocycles. The smallest absolute Gasteiger partial charge is 0.276 e. The van der Waals surface area contributed by atoms with E-state index in [1.54, 1.807) is 23.2 Å². The number of imide groups is 1. The zero-order valence-corrected chi connectivity index (χ0v) is 19.1. The lowest BCUT2D eigenvalue weighted by atomic mass is 9.82. The van der Waals surface area contributed by atoms with Gasteiger partial charge in [0.25, 0.3) is 11.8 Å². The summed E-state index contributed by atoms with van der Waals surface area (Å²) in [6, 6.07) is 4.56. The van der Waals surface area contributed by atoms with E-state index in [9.17, 15) is 24.3 Å². The minimum Gasteiger partial charge on any atom is -0.396 e. The van der Waals surface area contributed by atoms with E-state index in [4.69, 9.17) is 0 Å². The third kappa shape index (κ3) is 3.44. The SMILES string of the molecule is O=C1CCC(N2Cc3cc(-n4cc(C(=O)N5C[C@@H]6CCC[C@]6(CO)C5)nn4)ccc3C2=O)C(=O)N1. The first kappa shape index (κ1) is 21.9. The lowest BCUT2D eigenvalue weighted by molar-refractivity contribution is -0.136. The van der Waals surface area contributed by atoms with Crippen molar-refractivity contribution in [3.8, 4) is 5.69 Å². The Balaban J connectivity index is 1.19. The lowest BCUT2D eigenvalue weighted by Crippen LogP contribution is -2.52. The number of aromatic nitrogens is 3. The van der Waals surface area contributed by atoms with Gasteiger partial charge in [0.2, 0.25) is 11.8 Å². The van der Waals surface area contributed by atoms with E-state index < -0.39 is 11.9 Å². The van der Waals surface area contributed by atoms with Crippen LogP contribution in [0.15, 0.2) is 24.4 Å². The predicted octanol–water partition coefficient (Wildman–Crippen LogP) is 0.263. The Morgan fingerprint density at radius 2 is 2.09 bits per heavy atom. The Labute approximate surface area is 201 Å². The Morgan fingerprint density at radius 1 is 1.23 bits per heavy atom. The second kappa shape index (κ2) is 7.98. The molecule has 2 N–H and O–H groups in total. The van der Waals surface area contributed by atoms with Gasteiger partial charge in [-0.2, -0.15) is 0 Å². The maximum atomic E-state index is 13.1. The van der Waals surface area contributed by atoms with E-state index >= 15 is 0 Å². The molecule has 2 saturated heterocycles. The molecule has 4 amide bonds. The van der Waals surface area contributed by atoms with Crippen molar-refractivity contribution in [2.45, 2.75) is 44.7 Å². The van der Waals surface area contributed by atoms with Crippen LogP contribution in [0.25, 0.3) is 5.69 Å². The average molecular weight is 479 g/mol. The second-order valence-corrected chi connectivity index (χ2v) is 10.1. The van der Waals surface area contributed by atoms with Crippen LogP contribution in [-0.4, -0.2) is 79.3 Å². The molecule has 0 spiro atoms. The number of aliphatic hydroxyl groups excluding tert-OH is 1. The second-order valence-electron chi connectivity index (χ2n) is 10.1. The molecule has 0 radical (unpaired) electrons. The maximum absolute atomic E-state index is 13.1. The van der Waals surface area contributed by atoms with Gasteiger partial charge in [-0.1, -0.05) is 11.6 Å². The molecule has 3 aliphatic heterocycles. The van der Waals surface area contributed by atoms with E-state index in [1.807, 2.05) is 6.07 Å². The van der Waals surface area contributed by atoms with Crippen molar-refractivity contribution in [3.05, 3.63) is 41.2 Å². The number of carbonyl (C=O) groups is 4. The molecule has 3 atom stereocenters. The molecule has 11 heteroatoms. The van der Waals surface area contributed by atoms with Gasteiger partial charge in [-0.25, -0.2) is 4.68 Å². The number of likely N-dealkylation sites (tertiary alicyclic amines) is 1. The molecule has 4 heterocycles. The number of hydrogen-bond acceptors (Lipinski definition) is 7. The van der Waals surface area contributed by atoms with E-state index in [2.05, 4.69) is 15.6 Å². The molecule has 4 aliphatic rings. The monoisotopic (exact) mass is 478 g/mol. The predicted molar refractivity (Wildman–Crippen MR) is 120 cm³/mol. The van der Waals surface area contributed by atoms with Crippen LogP contribution in [0.3, 0.4) is 0 Å². The zero-order chi connectivity index (χ0) is 24.3. The molecule has 35 heavy (non-hydrogen) atoms. The highest BCUT2D eigenvalue weighted by atomic mass is 16.3. The summed E-state index contributed by atoms with van der Waals surface area (Å²) < 4.78 is 1.51. The van der Waals surface area contributed by atoms with Crippen molar-refractivity contribution in [2.24, 2.45) is 11.3 Å². The summed E-state index contributed by atoms with van der Waals surface area (Å²) in [7, 11) is 0. The lowest BCUT2D eigenvalue weighted by Gasteiger charge is -2.29. The highest BCUT2D eigenvalue weighted by Gasteiger charge is 2.50. The van der Waals surface area contributed by atoms with Gasteiger partial charge in [-0.05, 0) is 48.9 Å². The van der Waals surface area contributed by atoms with Crippen LogP contribution < -0.4 is 5.32 Å². The normalized spacial score (nSPS) is 27.9. The van der Waals surface area contributed by atoms with E-state index in [0.717, 1.165) is 24.8 Å². The van der Waals surface area contributed by atoms with Crippen molar-refractivity contribution in [2.75, 3.05) is 19.7 Å². The molecule has 3 fully saturated rings. The first-order valence-corrected chi connectivity index (χ1v) is 12.0. The van der Waals surface area contributed by atoms with Gasteiger partial charge in [0, 0.05) is 37.0 Å². The number of aliphatic hydroxyl groups is 1. The number of nitrogens with one attached hydrogen (secondary N) is 1. The molecule has 1 saturated carbocycles. The van der Waals surface area contributed by atoms with Gasteiger partial charge in [0.05, 0.1) is 18.5 Å². The fraction of sp³-hybridized carbons (Fsp3) is 0.500. The minimum atomic E-state index is -0.672. The molecule has 182 valence electrons. The van der Waals surface area contributed by atoms with E-state index in [0.29, 0.717) is 36.7 Å². The molecule has 1 unspecified atom stereocenters. The summed E-state index contributed by atoms with van der Waals surface area (Å²) in [4.78, 5) is 53.0. The summed E-state index contributed by atoms with van der Waals surface area (Å²) in [6.45, 7) is 1.52. The summed E-state index contributed by atoms with van der Waals surface area (Å²) in [5.74, 6) is -0.881. The topological polar surface area (TPSA) is 138 Å². The first-order chi connectivity index (χ1) is 16.9. The van der Waals surface area contributed by atoms with Crippen molar-refractivity contribution in [1.29, 1.82) is 0 Å². The van der Waals surface area contributed by atoms with Crippen LogP contribution in [0.2, 0.25) is 0 Å². The van der Waals surface area contributed by atoms with Crippen LogP contribution in [-0.2, 0) is 16.1 Å². The van der Waals surface area contributed by atoms with Gasteiger partial charge in [0.15, 0.2) is 5.69 Å². The van der Waals surface area contributed by atoms with Crippen LogP contribution in [0.1, 0.15) is 58.5 Å². The quantitative estimate of drug-likeness (QED) is 0.602. The molecular weight excluding hydrogens is 452 g/mol. The summed E-state index contributed by atoms with van der Waals surface area (Å²) in [5, 5.41) is 20.5. The summed E-state index contributed by atoms with van der Waals surface area (Å²) in [5.41, 5.74) is 1.95. The Morgan fingerprint density at radius 3 is 2.86 bits per heavy atom. The Bertz CT molecular complexity index is 1260. The van der Waals surface area contributed by atoms with Gasteiger partial charge < -0.3 is 14.9 Å². The molecular formula is C24H26N6O5. The average Bonchev–Trinajstić information content (AvgIpc) is 3.61. The fourth-order valence-corrected chi connectivity index (χ4v) is 6.18. The number of hydrogen-bond donors (Lipinski definition) is 2. The number of carbonyl (C=O) groups excluding carboxylic acids is 4.